The fourth-order valence-electron chi connectivity index (χ4n) is 7.11. The van der Waals surface area contributed by atoms with Gasteiger partial charge in [-0.15, -0.1) is 0 Å². The van der Waals surface area contributed by atoms with E-state index in [9.17, 15) is 4.79 Å². The van der Waals surface area contributed by atoms with Crippen LogP contribution in [0.25, 0.3) is 11.1 Å². The molecule has 2 aliphatic carbocycles. The van der Waals surface area contributed by atoms with Gasteiger partial charge >= 0.3 is 0 Å². The summed E-state index contributed by atoms with van der Waals surface area (Å²) in [6.07, 6.45) is 5.98. The van der Waals surface area contributed by atoms with Crippen molar-refractivity contribution >= 4 is 5.91 Å². The average molecular weight is 466 g/mol. The predicted molar refractivity (Wildman–Crippen MR) is 146 cm³/mol. The van der Waals surface area contributed by atoms with E-state index in [0.717, 1.165) is 29.7 Å². The minimum Gasteiger partial charge on any atom is -0.351 e. The molecule has 5 rings (SSSR count). The van der Waals surface area contributed by atoms with Gasteiger partial charge in [0, 0.05) is 12.1 Å². The molecule has 2 aliphatic rings. The van der Waals surface area contributed by atoms with Crippen molar-refractivity contribution in [2.45, 2.75) is 71.1 Å². The lowest BCUT2D eigenvalue weighted by molar-refractivity contribution is 0.0254. The van der Waals surface area contributed by atoms with Gasteiger partial charge in [0.15, 0.2) is 0 Å². The minimum atomic E-state index is 0.0382. The van der Waals surface area contributed by atoms with E-state index in [1.54, 1.807) is 11.1 Å². The van der Waals surface area contributed by atoms with Crippen LogP contribution in [0, 0.1) is 11.3 Å². The van der Waals surface area contributed by atoms with Crippen LogP contribution in [0.3, 0.4) is 0 Å². The molecule has 0 aliphatic heterocycles. The summed E-state index contributed by atoms with van der Waals surface area (Å²) in [5, 5.41) is 3.38. The number of benzene rings is 3. The van der Waals surface area contributed by atoms with Crippen molar-refractivity contribution in [1.82, 2.24) is 5.32 Å². The standard InChI is InChI=1S/C33H39NO/c1-23(2)26-16-15-25-17-18-30-32(3,19-10-20-33(30,4)29(25)21-26)22-34-31(35)28-14-9-8-13-27(28)24-11-6-5-7-12-24/h5-9,11-16,21,23,30H,10,17-20,22H2,1-4H3,(H,34,35)/t30-,32-,33+/m1/s1. The number of carbonyl (C=O) groups excluding carboxylic acids is 1. The number of rotatable bonds is 5. The first-order valence-electron chi connectivity index (χ1n) is 13.4. The molecule has 1 saturated carbocycles. The third-order valence-corrected chi connectivity index (χ3v) is 9.08. The molecule has 2 heteroatoms. The minimum absolute atomic E-state index is 0.0382. The molecule has 0 radical (unpaired) electrons. The molecule has 0 aromatic heterocycles. The van der Waals surface area contributed by atoms with Crippen LogP contribution in [0.5, 0.6) is 0 Å². The number of hydrogen-bond donors (Lipinski definition) is 1. The fourth-order valence-corrected chi connectivity index (χ4v) is 7.11. The average Bonchev–Trinajstić information content (AvgIpc) is 2.87. The highest BCUT2D eigenvalue weighted by molar-refractivity contribution is 6.00. The van der Waals surface area contributed by atoms with E-state index in [2.05, 4.69) is 63.3 Å². The van der Waals surface area contributed by atoms with Gasteiger partial charge in [-0.25, -0.2) is 0 Å². The Bertz CT molecular complexity index is 1210. The molecule has 3 aromatic rings. The fraction of sp³-hybridized carbons (Fsp3) is 0.424. The number of hydrogen-bond acceptors (Lipinski definition) is 1. The summed E-state index contributed by atoms with van der Waals surface area (Å²) >= 11 is 0. The van der Waals surface area contributed by atoms with Gasteiger partial charge in [0.05, 0.1) is 0 Å². The molecule has 35 heavy (non-hydrogen) atoms. The molecule has 1 amide bonds. The summed E-state index contributed by atoms with van der Waals surface area (Å²) in [6.45, 7) is 10.2. The van der Waals surface area contributed by atoms with E-state index in [1.165, 1.54) is 31.2 Å². The van der Waals surface area contributed by atoms with Crippen molar-refractivity contribution in [3.63, 3.8) is 0 Å². The van der Waals surface area contributed by atoms with Crippen LogP contribution in [-0.4, -0.2) is 12.5 Å². The molecule has 3 aromatic carbocycles. The molecule has 0 saturated heterocycles. The van der Waals surface area contributed by atoms with Gasteiger partial charge in [0.1, 0.15) is 0 Å². The van der Waals surface area contributed by atoms with Gasteiger partial charge in [-0.05, 0) is 82.2 Å². The molecular formula is C33H39NO. The quantitative estimate of drug-likeness (QED) is 0.407. The lowest BCUT2D eigenvalue weighted by Gasteiger charge is -2.55. The third-order valence-electron chi connectivity index (χ3n) is 9.08. The number of aryl methyl sites for hydroxylation is 1. The van der Waals surface area contributed by atoms with Gasteiger partial charge in [0.25, 0.3) is 5.91 Å². The van der Waals surface area contributed by atoms with Crippen LogP contribution in [-0.2, 0) is 11.8 Å². The highest BCUT2D eigenvalue weighted by atomic mass is 16.1. The highest BCUT2D eigenvalue weighted by Gasteiger charge is 2.51. The van der Waals surface area contributed by atoms with Crippen molar-refractivity contribution < 1.29 is 4.79 Å². The molecule has 182 valence electrons. The maximum Gasteiger partial charge on any atom is 0.251 e. The summed E-state index contributed by atoms with van der Waals surface area (Å²) < 4.78 is 0. The number of carbonyl (C=O) groups is 1. The van der Waals surface area contributed by atoms with Crippen molar-refractivity contribution in [1.29, 1.82) is 0 Å². The van der Waals surface area contributed by atoms with Gasteiger partial charge in [0.2, 0.25) is 0 Å². The molecule has 0 unspecified atom stereocenters. The maximum atomic E-state index is 13.5. The van der Waals surface area contributed by atoms with E-state index in [4.69, 9.17) is 0 Å². The normalized spacial score (nSPS) is 25.6. The highest BCUT2D eigenvalue weighted by Crippen LogP contribution is 2.57. The topological polar surface area (TPSA) is 29.1 Å². The van der Waals surface area contributed by atoms with Crippen LogP contribution < -0.4 is 5.32 Å². The van der Waals surface area contributed by atoms with Gasteiger partial charge in [-0.2, -0.15) is 0 Å². The van der Waals surface area contributed by atoms with Crippen LogP contribution >= 0.6 is 0 Å². The van der Waals surface area contributed by atoms with E-state index >= 15 is 0 Å². The molecule has 0 spiro atoms. The Kier molecular flexibility index (Phi) is 6.34. The molecule has 0 bridgehead atoms. The molecule has 1 fully saturated rings. The first kappa shape index (κ1) is 23.9. The zero-order chi connectivity index (χ0) is 24.6. The molecule has 3 atom stereocenters. The number of fused-ring (bicyclic) bond motifs is 3. The van der Waals surface area contributed by atoms with E-state index in [1.807, 2.05) is 42.5 Å². The Hall–Kier alpha value is -2.87. The largest absolute Gasteiger partial charge is 0.351 e. The van der Waals surface area contributed by atoms with E-state index in [0.29, 0.717) is 11.8 Å². The summed E-state index contributed by atoms with van der Waals surface area (Å²) in [7, 11) is 0. The summed E-state index contributed by atoms with van der Waals surface area (Å²) in [5.74, 6) is 1.16. The SMILES string of the molecule is CC(C)c1ccc2c(c1)[C@]1(C)CCC[C@](C)(CNC(=O)c3ccccc3-c3ccccc3)[C@H]1CC2. The maximum absolute atomic E-state index is 13.5. The van der Waals surface area contributed by atoms with Crippen molar-refractivity contribution in [2.75, 3.05) is 6.54 Å². The third kappa shape index (κ3) is 4.33. The van der Waals surface area contributed by atoms with Gasteiger partial charge < -0.3 is 5.32 Å². The smallest absolute Gasteiger partial charge is 0.251 e. The second kappa shape index (κ2) is 9.30. The molecule has 1 N–H and O–H groups in total. The van der Waals surface area contributed by atoms with Crippen molar-refractivity contribution in [3.8, 4) is 11.1 Å². The second-order valence-corrected chi connectivity index (χ2v) is 11.7. The molecule has 2 nitrogen and oxygen atoms in total. The Morgan fingerprint density at radius 2 is 1.71 bits per heavy atom. The molecular weight excluding hydrogens is 426 g/mol. The Labute approximate surface area is 211 Å². The Morgan fingerprint density at radius 1 is 0.971 bits per heavy atom. The Morgan fingerprint density at radius 3 is 2.49 bits per heavy atom. The molecule has 0 heterocycles. The zero-order valence-corrected chi connectivity index (χ0v) is 21.7. The monoisotopic (exact) mass is 465 g/mol. The lowest BCUT2D eigenvalue weighted by Crippen LogP contribution is -2.53. The van der Waals surface area contributed by atoms with Crippen LogP contribution in [0.2, 0.25) is 0 Å². The van der Waals surface area contributed by atoms with E-state index < -0.39 is 0 Å². The second-order valence-electron chi connectivity index (χ2n) is 11.7. The lowest BCUT2D eigenvalue weighted by atomic mass is 9.49. The zero-order valence-electron chi connectivity index (χ0n) is 21.7. The van der Waals surface area contributed by atoms with E-state index in [-0.39, 0.29) is 16.7 Å². The Balaban J connectivity index is 1.40. The summed E-state index contributed by atoms with van der Waals surface area (Å²) in [5.41, 5.74) is 7.68. The number of nitrogens with one attached hydrogen (secondary N) is 1. The van der Waals surface area contributed by atoms with Gasteiger partial charge in [-0.3, -0.25) is 4.79 Å². The number of amides is 1. The van der Waals surface area contributed by atoms with Crippen LogP contribution in [0.4, 0.5) is 0 Å². The first-order chi connectivity index (χ1) is 16.8. The van der Waals surface area contributed by atoms with Crippen molar-refractivity contribution in [3.05, 3.63) is 95.1 Å². The van der Waals surface area contributed by atoms with Crippen LogP contribution in [0.1, 0.15) is 86.3 Å². The van der Waals surface area contributed by atoms with Crippen LogP contribution in [0.15, 0.2) is 72.8 Å². The summed E-state index contributed by atoms with van der Waals surface area (Å²) in [4.78, 5) is 13.5. The predicted octanol–water partition coefficient (Wildman–Crippen LogP) is 7.92. The summed E-state index contributed by atoms with van der Waals surface area (Å²) in [6, 6.07) is 25.4. The van der Waals surface area contributed by atoms with Crippen molar-refractivity contribution in [2.24, 2.45) is 11.3 Å². The van der Waals surface area contributed by atoms with Gasteiger partial charge in [-0.1, -0.05) is 101 Å². The first-order valence-corrected chi connectivity index (χ1v) is 13.4.